The van der Waals surface area contributed by atoms with Gasteiger partial charge in [-0.15, -0.1) is 12.4 Å². The molecule has 0 atom stereocenters. The maximum Gasteiger partial charge on any atom is 0.225 e. The summed E-state index contributed by atoms with van der Waals surface area (Å²) in [6, 6.07) is 15.7. The fourth-order valence-electron chi connectivity index (χ4n) is 2.40. The van der Waals surface area contributed by atoms with Crippen molar-refractivity contribution in [3.63, 3.8) is 0 Å². The lowest BCUT2D eigenvalue weighted by Crippen LogP contribution is -2.10. The molecule has 0 bridgehead atoms. The average Bonchev–Trinajstić information content (AvgIpc) is 2.55. The van der Waals surface area contributed by atoms with Gasteiger partial charge in [0.05, 0.1) is 12.6 Å². The summed E-state index contributed by atoms with van der Waals surface area (Å²) in [7, 11) is 1.68. The molecular formula is C17H19ClN4O. The van der Waals surface area contributed by atoms with E-state index in [1.54, 1.807) is 7.11 Å². The Morgan fingerprint density at radius 1 is 1.04 bits per heavy atom. The van der Waals surface area contributed by atoms with Crippen molar-refractivity contribution in [2.24, 2.45) is 0 Å². The largest absolute Gasteiger partial charge is 0.496 e. The highest BCUT2D eigenvalue weighted by atomic mass is 35.5. The number of nitrogens with one attached hydrogen (secondary N) is 1. The van der Waals surface area contributed by atoms with Crippen LogP contribution in [0.3, 0.4) is 0 Å². The van der Waals surface area contributed by atoms with E-state index in [4.69, 9.17) is 10.5 Å². The standard InChI is InChI=1S/C17H18N4O.ClH/c1-22-15-9-5-2-6-12(15)10-11-19-17-20-14-8-4-3-7-13(14)16(18)21-17;/h2-9H,10-11H2,1H3,(H3,18,19,20,21);1H. The van der Waals surface area contributed by atoms with Crippen molar-refractivity contribution in [3.05, 3.63) is 54.1 Å². The second kappa shape index (κ2) is 7.65. The van der Waals surface area contributed by atoms with E-state index in [-0.39, 0.29) is 12.4 Å². The van der Waals surface area contributed by atoms with E-state index in [0.29, 0.717) is 18.3 Å². The van der Waals surface area contributed by atoms with Crippen LogP contribution in [0.1, 0.15) is 5.56 Å². The Morgan fingerprint density at radius 2 is 1.78 bits per heavy atom. The molecule has 6 heteroatoms. The van der Waals surface area contributed by atoms with Crippen LogP contribution in [-0.2, 0) is 6.42 Å². The Kier molecular flexibility index (Phi) is 5.60. The molecule has 1 heterocycles. The number of aromatic nitrogens is 2. The first-order valence-corrected chi connectivity index (χ1v) is 7.16. The predicted molar refractivity (Wildman–Crippen MR) is 96.4 cm³/mol. The number of fused-ring (bicyclic) bond motifs is 1. The number of ether oxygens (including phenoxy) is 1. The zero-order chi connectivity index (χ0) is 15.4. The van der Waals surface area contributed by atoms with Gasteiger partial charge >= 0.3 is 0 Å². The Labute approximate surface area is 141 Å². The number of hydrogen-bond acceptors (Lipinski definition) is 5. The molecule has 0 aliphatic heterocycles. The number of hydrogen-bond donors (Lipinski definition) is 2. The summed E-state index contributed by atoms with van der Waals surface area (Å²) in [6.45, 7) is 0.707. The second-order valence-electron chi connectivity index (χ2n) is 4.94. The maximum atomic E-state index is 5.97. The number of nitrogens with two attached hydrogens (primary N) is 1. The van der Waals surface area contributed by atoms with Crippen LogP contribution in [0, 0.1) is 0 Å². The normalized spacial score (nSPS) is 10.1. The van der Waals surface area contributed by atoms with Crippen molar-refractivity contribution in [1.29, 1.82) is 0 Å². The van der Waals surface area contributed by atoms with Crippen molar-refractivity contribution in [1.82, 2.24) is 9.97 Å². The number of benzene rings is 2. The van der Waals surface area contributed by atoms with E-state index in [1.165, 1.54) is 0 Å². The van der Waals surface area contributed by atoms with E-state index in [1.807, 2.05) is 42.5 Å². The first-order valence-electron chi connectivity index (χ1n) is 7.16. The maximum absolute atomic E-state index is 5.97. The van der Waals surface area contributed by atoms with Crippen LogP contribution in [-0.4, -0.2) is 23.6 Å². The molecule has 0 aliphatic rings. The van der Waals surface area contributed by atoms with Gasteiger partial charge in [-0.1, -0.05) is 30.3 Å². The van der Waals surface area contributed by atoms with E-state index >= 15 is 0 Å². The molecule has 23 heavy (non-hydrogen) atoms. The summed E-state index contributed by atoms with van der Waals surface area (Å²) in [5.41, 5.74) is 7.96. The predicted octanol–water partition coefficient (Wildman–Crippen LogP) is 3.30. The van der Waals surface area contributed by atoms with Gasteiger partial charge in [0.25, 0.3) is 0 Å². The third kappa shape index (κ3) is 3.81. The molecule has 0 fully saturated rings. The Balaban J connectivity index is 0.00000192. The van der Waals surface area contributed by atoms with Crippen LogP contribution >= 0.6 is 12.4 Å². The molecule has 0 amide bonds. The minimum absolute atomic E-state index is 0. The van der Waals surface area contributed by atoms with E-state index in [0.717, 1.165) is 28.6 Å². The molecule has 0 radical (unpaired) electrons. The van der Waals surface area contributed by atoms with Crippen LogP contribution in [0.5, 0.6) is 5.75 Å². The SMILES string of the molecule is COc1ccccc1CCNc1nc(N)c2ccccc2n1.Cl. The minimum Gasteiger partial charge on any atom is -0.496 e. The molecule has 0 unspecified atom stereocenters. The highest BCUT2D eigenvalue weighted by Gasteiger charge is 2.05. The summed E-state index contributed by atoms with van der Waals surface area (Å²) in [5, 5.41) is 4.09. The van der Waals surface area contributed by atoms with Gasteiger partial charge in [-0.3, -0.25) is 0 Å². The highest BCUT2D eigenvalue weighted by Crippen LogP contribution is 2.20. The van der Waals surface area contributed by atoms with E-state index in [9.17, 15) is 0 Å². The fourth-order valence-corrected chi connectivity index (χ4v) is 2.40. The quantitative estimate of drug-likeness (QED) is 0.751. The molecule has 0 aliphatic carbocycles. The average molecular weight is 331 g/mol. The van der Waals surface area contributed by atoms with Crippen molar-refractivity contribution in [3.8, 4) is 5.75 Å². The van der Waals surface area contributed by atoms with Gasteiger partial charge in [0.15, 0.2) is 0 Å². The first kappa shape index (κ1) is 16.8. The van der Waals surface area contributed by atoms with Crippen LogP contribution < -0.4 is 15.8 Å². The lowest BCUT2D eigenvalue weighted by molar-refractivity contribution is 0.410. The smallest absolute Gasteiger partial charge is 0.225 e. The Morgan fingerprint density at radius 3 is 2.61 bits per heavy atom. The van der Waals surface area contributed by atoms with Gasteiger partial charge in [0.1, 0.15) is 11.6 Å². The molecule has 0 spiro atoms. The molecule has 120 valence electrons. The molecule has 3 rings (SSSR count). The van der Waals surface area contributed by atoms with Crippen molar-refractivity contribution >= 4 is 35.1 Å². The number of methoxy groups -OCH3 is 1. The number of nitrogen functional groups attached to an aromatic ring is 1. The topological polar surface area (TPSA) is 73.1 Å². The number of nitrogens with zero attached hydrogens (tertiary/aromatic N) is 2. The van der Waals surface area contributed by atoms with Crippen LogP contribution in [0.2, 0.25) is 0 Å². The van der Waals surface area contributed by atoms with Gasteiger partial charge in [-0.25, -0.2) is 4.98 Å². The van der Waals surface area contributed by atoms with Gasteiger partial charge in [-0.2, -0.15) is 4.98 Å². The fraction of sp³-hybridized carbons (Fsp3) is 0.176. The Hall–Kier alpha value is -2.53. The van der Waals surface area contributed by atoms with Crippen LogP contribution in [0.15, 0.2) is 48.5 Å². The summed E-state index contributed by atoms with van der Waals surface area (Å²) in [5.74, 6) is 1.93. The molecular weight excluding hydrogens is 312 g/mol. The van der Waals surface area contributed by atoms with Gasteiger partial charge in [-0.05, 0) is 30.2 Å². The molecule has 2 aromatic carbocycles. The van der Waals surface area contributed by atoms with Crippen molar-refractivity contribution in [2.45, 2.75) is 6.42 Å². The zero-order valence-electron chi connectivity index (χ0n) is 12.8. The molecule has 0 saturated heterocycles. The minimum atomic E-state index is 0. The molecule has 5 nitrogen and oxygen atoms in total. The summed E-state index contributed by atoms with van der Waals surface area (Å²) in [6.07, 6.45) is 0.820. The number of para-hydroxylation sites is 2. The number of rotatable bonds is 5. The lowest BCUT2D eigenvalue weighted by atomic mass is 10.1. The molecule has 3 N–H and O–H groups in total. The molecule has 1 aromatic heterocycles. The monoisotopic (exact) mass is 330 g/mol. The van der Waals surface area contributed by atoms with E-state index < -0.39 is 0 Å². The number of halogens is 1. The molecule has 0 saturated carbocycles. The van der Waals surface area contributed by atoms with Crippen molar-refractivity contribution < 1.29 is 4.74 Å². The zero-order valence-corrected chi connectivity index (χ0v) is 13.6. The first-order chi connectivity index (χ1) is 10.8. The third-order valence-electron chi connectivity index (χ3n) is 3.50. The third-order valence-corrected chi connectivity index (χ3v) is 3.50. The lowest BCUT2D eigenvalue weighted by Gasteiger charge is -2.10. The Bertz CT molecular complexity index is 794. The second-order valence-corrected chi connectivity index (χ2v) is 4.94. The summed E-state index contributed by atoms with van der Waals surface area (Å²) < 4.78 is 5.35. The van der Waals surface area contributed by atoms with Gasteiger partial charge < -0.3 is 15.8 Å². The summed E-state index contributed by atoms with van der Waals surface area (Å²) >= 11 is 0. The van der Waals surface area contributed by atoms with Crippen LogP contribution in [0.4, 0.5) is 11.8 Å². The highest BCUT2D eigenvalue weighted by molar-refractivity contribution is 5.88. The van der Waals surface area contributed by atoms with E-state index in [2.05, 4.69) is 21.4 Å². The molecule has 3 aromatic rings. The van der Waals surface area contributed by atoms with Gasteiger partial charge in [0, 0.05) is 11.9 Å². The van der Waals surface area contributed by atoms with Crippen LogP contribution in [0.25, 0.3) is 10.9 Å². The number of anilines is 2. The summed E-state index contributed by atoms with van der Waals surface area (Å²) in [4.78, 5) is 8.78. The van der Waals surface area contributed by atoms with Crippen molar-refractivity contribution in [2.75, 3.05) is 24.7 Å². The van der Waals surface area contributed by atoms with Gasteiger partial charge in [0.2, 0.25) is 5.95 Å².